The molecular weight excluding hydrogens is 500 g/mol. The van der Waals surface area contributed by atoms with Gasteiger partial charge in [0.05, 0.1) is 0 Å². The Morgan fingerprint density at radius 3 is 2.45 bits per heavy atom. The van der Waals surface area contributed by atoms with E-state index in [9.17, 15) is 9.90 Å². The minimum absolute atomic E-state index is 0.0371. The summed E-state index contributed by atoms with van der Waals surface area (Å²) in [6.07, 6.45) is 0.452. The molecule has 1 fully saturated rings. The van der Waals surface area contributed by atoms with Crippen molar-refractivity contribution in [2.45, 2.75) is 70.8 Å². The normalized spacial score (nSPS) is 17.6. The van der Waals surface area contributed by atoms with Gasteiger partial charge in [0.2, 0.25) is 5.91 Å². The third kappa shape index (κ3) is 6.58. The summed E-state index contributed by atoms with van der Waals surface area (Å²) in [4.78, 5) is 27.6. The first-order chi connectivity index (χ1) is 17.8. The molecule has 7 nitrogen and oxygen atoms in total. The summed E-state index contributed by atoms with van der Waals surface area (Å²) < 4.78 is 5.87. The van der Waals surface area contributed by atoms with Gasteiger partial charge in [0, 0.05) is 43.4 Å². The number of nitrogens with zero attached hydrogens (tertiary/aromatic N) is 2. The van der Waals surface area contributed by atoms with Crippen molar-refractivity contribution in [2.24, 2.45) is 0 Å². The molecule has 2 aromatic rings. The molecule has 8 heteroatoms. The predicted molar refractivity (Wildman–Crippen MR) is 152 cm³/mol. The van der Waals surface area contributed by atoms with Crippen molar-refractivity contribution in [2.75, 3.05) is 39.0 Å². The van der Waals surface area contributed by atoms with Crippen LogP contribution in [0.25, 0.3) is 0 Å². The molecule has 0 radical (unpaired) electrons. The molecule has 208 valence electrons. The van der Waals surface area contributed by atoms with E-state index in [1.54, 1.807) is 11.8 Å². The fourth-order valence-corrected chi connectivity index (χ4v) is 6.04. The number of benzene rings is 2. The van der Waals surface area contributed by atoms with E-state index in [2.05, 4.69) is 58.6 Å². The highest BCUT2D eigenvalue weighted by atomic mass is 32.2. The van der Waals surface area contributed by atoms with E-state index in [1.807, 2.05) is 30.1 Å². The van der Waals surface area contributed by atoms with Crippen LogP contribution in [0.2, 0.25) is 0 Å². The van der Waals surface area contributed by atoms with Gasteiger partial charge in [-0.05, 0) is 58.8 Å². The lowest BCUT2D eigenvalue weighted by Gasteiger charge is -2.31. The van der Waals surface area contributed by atoms with Crippen LogP contribution in [0, 0.1) is 0 Å². The van der Waals surface area contributed by atoms with Gasteiger partial charge < -0.3 is 24.5 Å². The Balaban J connectivity index is 1.36. The zero-order valence-electron chi connectivity index (χ0n) is 23.8. The quantitative estimate of drug-likeness (QED) is 0.424. The van der Waals surface area contributed by atoms with Gasteiger partial charge in [-0.2, -0.15) is 4.89 Å². The molecule has 4 rings (SSSR count). The SMILES string of the molecule is CN(CCOc1ccc2c(c1)OOC2)CCC(=O)N1CCSC1c1cc(C(C)(C)C)c(O)c(C(C)(C)C)c1. The van der Waals surface area contributed by atoms with E-state index in [0.29, 0.717) is 44.2 Å². The maximum atomic E-state index is 13.3. The standard InChI is InChI=1S/C30H42N2O5S/c1-29(2,3)23-16-21(17-24(27(23)34)30(4,5)6)28-32(13-15-38-28)26(33)10-11-31(7)12-14-35-22-9-8-20-19-36-37-25(20)18-22/h8-9,16-18,28,34H,10-15,19H2,1-7H3. The van der Waals surface area contributed by atoms with Gasteiger partial charge in [-0.25, -0.2) is 0 Å². The Kier molecular flexibility index (Phi) is 8.55. The predicted octanol–water partition coefficient (Wildman–Crippen LogP) is 5.79. The van der Waals surface area contributed by atoms with Crippen molar-refractivity contribution in [3.63, 3.8) is 0 Å². The average Bonchev–Trinajstić information content (AvgIpc) is 3.50. The second-order valence-electron chi connectivity index (χ2n) is 12.3. The highest BCUT2D eigenvalue weighted by molar-refractivity contribution is 7.99. The van der Waals surface area contributed by atoms with Crippen molar-refractivity contribution < 1.29 is 24.4 Å². The number of carbonyl (C=O) groups is 1. The first kappa shape index (κ1) is 28.6. The Bertz CT molecular complexity index is 1120. The van der Waals surface area contributed by atoms with Crippen LogP contribution in [0.15, 0.2) is 30.3 Å². The van der Waals surface area contributed by atoms with E-state index in [4.69, 9.17) is 14.5 Å². The molecule has 2 heterocycles. The number of rotatable bonds is 8. The molecule has 0 bridgehead atoms. The Labute approximate surface area is 231 Å². The van der Waals surface area contributed by atoms with Crippen LogP contribution in [0.5, 0.6) is 17.2 Å². The molecule has 0 spiro atoms. The van der Waals surface area contributed by atoms with Crippen LogP contribution in [0.1, 0.15) is 75.6 Å². The summed E-state index contributed by atoms with van der Waals surface area (Å²) in [5, 5.41) is 11.1. The summed E-state index contributed by atoms with van der Waals surface area (Å²) in [7, 11) is 2.01. The van der Waals surface area contributed by atoms with E-state index in [0.717, 1.165) is 40.3 Å². The molecule has 0 saturated carbocycles. The van der Waals surface area contributed by atoms with Gasteiger partial charge in [0.25, 0.3) is 0 Å². The smallest absolute Gasteiger partial charge is 0.225 e. The number of ether oxygens (including phenoxy) is 1. The number of fused-ring (bicyclic) bond motifs is 1. The number of phenolic OH excluding ortho intramolecular Hbond substituents is 1. The molecule has 0 aromatic heterocycles. The highest BCUT2D eigenvalue weighted by Gasteiger charge is 2.34. The zero-order valence-corrected chi connectivity index (χ0v) is 24.6. The summed E-state index contributed by atoms with van der Waals surface area (Å²) in [5.74, 6) is 2.89. The first-order valence-electron chi connectivity index (χ1n) is 13.4. The zero-order chi connectivity index (χ0) is 27.7. The third-order valence-electron chi connectivity index (χ3n) is 7.10. The van der Waals surface area contributed by atoms with Crippen LogP contribution >= 0.6 is 11.8 Å². The molecule has 1 amide bonds. The van der Waals surface area contributed by atoms with Gasteiger partial charge in [0.15, 0.2) is 5.75 Å². The van der Waals surface area contributed by atoms with Crippen molar-refractivity contribution >= 4 is 17.7 Å². The maximum absolute atomic E-state index is 13.3. The van der Waals surface area contributed by atoms with Gasteiger partial charge in [-0.3, -0.25) is 4.79 Å². The summed E-state index contributed by atoms with van der Waals surface area (Å²) in [6.45, 7) is 15.8. The number of thioether (sulfide) groups is 1. The van der Waals surface area contributed by atoms with Gasteiger partial charge in [-0.1, -0.05) is 41.5 Å². The average molecular weight is 543 g/mol. The largest absolute Gasteiger partial charge is 0.507 e. The molecule has 0 aliphatic carbocycles. The minimum atomic E-state index is -0.205. The van der Waals surface area contributed by atoms with Crippen molar-refractivity contribution in [1.29, 1.82) is 0 Å². The molecule has 2 aromatic carbocycles. The maximum Gasteiger partial charge on any atom is 0.225 e. The summed E-state index contributed by atoms with van der Waals surface area (Å²) in [6, 6.07) is 9.93. The molecular formula is C30H42N2O5S. The minimum Gasteiger partial charge on any atom is -0.507 e. The van der Waals surface area contributed by atoms with Crippen LogP contribution in [-0.2, 0) is 27.1 Å². The molecule has 2 aliphatic rings. The number of amides is 1. The lowest BCUT2D eigenvalue weighted by molar-refractivity contribution is -0.194. The van der Waals surface area contributed by atoms with Crippen molar-refractivity contribution in [3.05, 3.63) is 52.6 Å². The number of phenols is 1. The molecule has 2 aliphatic heterocycles. The van der Waals surface area contributed by atoms with Gasteiger partial charge in [-0.15, -0.1) is 11.8 Å². The van der Waals surface area contributed by atoms with E-state index in [-0.39, 0.29) is 22.1 Å². The lowest BCUT2D eigenvalue weighted by Crippen LogP contribution is -2.34. The van der Waals surface area contributed by atoms with Crippen LogP contribution in [0.3, 0.4) is 0 Å². The number of hydrogen-bond acceptors (Lipinski definition) is 7. The monoisotopic (exact) mass is 542 g/mol. The number of hydrogen-bond donors (Lipinski definition) is 1. The summed E-state index contributed by atoms with van der Waals surface area (Å²) in [5.41, 5.74) is 3.57. The summed E-state index contributed by atoms with van der Waals surface area (Å²) >= 11 is 1.80. The molecule has 1 atom stereocenters. The number of aromatic hydroxyl groups is 1. The second-order valence-corrected chi connectivity index (χ2v) is 13.5. The van der Waals surface area contributed by atoms with Gasteiger partial charge in [0.1, 0.15) is 30.1 Å². The van der Waals surface area contributed by atoms with Crippen LogP contribution in [0.4, 0.5) is 0 Å². The first-order valence-corrected chi connectivity index (χ1v) is 14.4. The van der Waals surface area contributed by atoms with Crippen molar-refractivity contribution in [3.8, 4) is 17.2 Å². The van der Waals surface area contributed by atoms with Gasteiger partial charge >= 0.3 is 0 Å². The number of likely N-dealkylation sites (N-methyl/N-ethyl adjacent to an activating group) is 1. The molecule has 38 heavy (non-hydrogen) atoms. The topological polar surface area (TPSA) is 71.5 Å². The number of carbonyl (C=O) groups excluding carboxylic acids is 1. The van der Waals surface area contributed by atoms with Crippen LogP contribution < -0.4 is 9.62 Å². The Morgan fingerprint density at radius 1 is 1.11 bits per heavy atom. The van der Waals surface area contributed by atoms with E-state index < -0.39 is 0 Å². The van der Waals surface area contributed by atoms with Crippen LogP contribution in [-0.4, -0.2) is 59.9 Å². The third-order valence-corrected chi connectivity index (χ3v) is 8.36. The fourth-order valence-electron chi connectivity index (χ4n) is 4.78. The van der Waals surface area contributed by atoms with E-state index >= 15 is 0 Å². The Hall–Kier alpha value is -2.42. The Morgan fingerprint density at radius 2 is 1.79 bits per heavy atom. The molecule has 1 N–H and O–H groups in total. The second kappa shape index (κ2) is 11.4. The molecule has 1 unspecified atom stereocenters. The molecule has 1 saturated heterocycles. The lowest BCUT2D eigenvalue weighted by atomic mass is 9.78. The van der Waals surface area contributed by atoms with E-state index in [1.165, 1.54) is 0 Å². The fraction of sp³-hybridized carbons (Fsp3) is 0.567. The van der Waals surface area contributed by atoms with Crippen molar-refractivity contribution in [1.82, 2.24) is 9.80 Å². The highest BCUT2D eigenvalue weighted by Crippen LogP contribution is 2.45.